The van der Waals surface area contributed by atoms with Crippen LogP contribution in [0.15, 0.2) is 12.4 Å². The van der Waals surface area contributed by atoms with Gasteiger partial charge in [0.05, 0.1) is 18.1 Å². The summed E-state index contributed by atoms with van der Waals surface area (Å²) in [6, 6.07) is 0. The van der Waals surface area contributed by atoms with Crippen LogP contribution < -0.4 is 10.2 Å². The van der Waals surface area contributed by atoms with Gasteiger partial charge in [-0.05, 0) is 13.5 Å². The Morgan fingerprint density at radius 1 is 1.22 bits per heavy atom. The van der Waals surface area contributed by atoms with E-state index < -0.39 is 12.7 Å². The van der Waals surface area contributed by atoms with E-state index in [4.69, 9.17) is 0 Å². The van der Waals surface area contributed by atoms with Crippen LogP contribution in [-0.4, -0.2) is 35.8 Å². The molecule has 18 heavy (non-hydrogen) atoms. The van der Waals surface area contributed by atoms with Crippen LogP contribution in [0.1, 0.15) is 19.5 Å². The van der Waals surface area contributed by atoms with E-state index in [-0.39, 0.29) is 12.4 Å². The molecule has 1 N–H and O–H groups in total. The fourth-order valence-electron chi connectivity index (χ4n) is 1.43. The maximum atomic E-state index is 12.3. The van der Waals surface area contributed by atoms with Gasteiger partial charge in [-0.3, -0.25) is 4.98 Å². The van der Waals surface area contributed by atoms with Crippen molar-refractivity contribution in [3.05, 3.63) is 18.1 Å². The summed E-state index contributed by atoms with van der Waals surface area (Å²) in [5.41, 5.74) is 0.712. The molecule has 0 amide bonds. The smallest absolute Gasteiger partial charge is 0.347 e. The lowest BCUT2D eigenvalue weighted by atomic mass is 10.4. The molecular weight excluding hydrogens is 245 g/mol. The number of hydrogen-bond donors (Lipinski definition) is 1. The number of nitrogens with one attached hydrogen (secondary N) is 1. The van der Waals surface area contributed by atoms with E-state index in [9.17, 15) is 13.2 Å². The number of halogens is 3. The molecule has 0 saturated carbocycles. The van der Waals surface area contributed by atoms with Crippen molar-refractivity contribution >= 4 is 5.82 Å². The van der Waals surface area contributed by atoms with Crippen LogP contribution in [0, 0.1) is 0 Å². The molecule has 1 rings (SSSR count). The number of hydrogen-bond acceptors (Lipinski definition) is 4. The standard InChI is InChI=1S/C11H17F3N4/c1-3-15-5-9-6-17-10(7-16-9)18(4-2)8-11(12,13)14/h6-7,15H,3-5,8H2,1-2H3. The third-order valence-electron chi connectivity index (χ3n) is 2.32. The molecule has 0 aliphatic heterocycles. The average Bonchev–Trinajstić information content (AvgIpc) is 2.33. The van der Waals surface area contributed by atoms with Crippen LogP contribution in [0.5, 0.6) is 0 Å². The molecule has 102 valence electrons. The topological polar surface area (TPSA) is 41.1 Å². The molecule has 0 aliphatic rings. The SMILES string of the molecule is CCNCc1cnc(N(CC)CC(F)(F)F)cn1. The van der Waals surface area contributed by atoms with Crippen molar-refractivity contribution in [1.29, 1.82) is 0 Å². The molecule has 7 heteroatoms. The van der Waals surface area contributed by atoms with Gasteiger partial charge in [-0.15, -0.1) is 0 Å². The van der Waals surface area contributed by atoms with Gasteiger partial charge in [-0.1, -0.05) is 6.92 Å². The molecule has 1 aromatic heterocycles. The zero-order valence-corrected chi connectivity index (χ0v) is 10.5. The van der Waals surface area contributed by atoms with Crippen molar-refractivity contribution in [2.45, 2.75) is 26.6 Å². The first kappa shape index (κ1) is 14.7. The van der Waals surface area contributed by atoms with Crippen molar-refractivity contribution < 1.29 is 13.2 Å². The van der Waals surface area contributed by atoms with E-state index in [0.29, 0.717) is 12.2 Å². The highest BCUT2D eigenvalue weighted by atomic mass is 19.4. The first-order valence-electron chi connectivity index (χ1n) is 5.79. The number of nitrogens with zero attached hydrogens (tertiary/aromatic N) is 3. The Labute approximate surface area is 104 Å². The highest BCUT2D eigenvalue weighted by molar-refractivity contribution is 5.35. The average molecular weight is 262 g/mol. The van der Waals surface area contributed by atoms with Gasteiger partial charge < -0.3 is 10.2 Å². The molecular formula is C11H17F3N4. The van der Waals surface area contributed by atoms with Gasteiger partial charge in [0.25, 0.3) is 0 Å². The summed E-state index contributed by atoms with van der Waals surface area (Å²) in [7, 11) is 0. The fourth-order valence-corrected chi connectivity index (χ4v) is 1.43. The second kappa shape index (κ2) is 6.53. The number of alkyl halides is 3. The summed E-state index contributed by atoms with van der Waals surface area (Å²) in [4.78, 5) is 9.23. The molecule has 0 bridgehead atoms. The maximum absolute atomic E-state index is 12.3. The van der Waals surface area contributed by atoms with E-state index in [2.05, 4.69) is 15.3 Å². The molecule has 4 nitrogen and oxygen atoms in total. The molecule has 0 radical (unpaired) electrons. The Hall–Kier alpha value is -1.37. The van der Waals surface area contributed by atoms with Crippen molar-refractivity contribution in [3.63, 3.8) is 0 Å². The zero-order valence-electron chi connectivity index (χ0n) is 10.5. The van der Waals surface area contributed by atoms with Crippen molar-refractivity contribution in [3.8, 4) is 0 Å². The first-order valence-corrected chi connectivity index (χ1v) is 5.79. The third kappa shape index (κ3) is 4.87. The Bertz CT molecular complexity index is 350. The summed E-state index contributed by atoms with van der Waals surface area (Å²) >= 11 is 0. The summed E-state index contributed by atoms with van der Waals surface area (Å²) < 4.78 is 37.0. The van der Waals surface area contributed by atoms with E-state index >= 15 is 0 Å². The molecule has 0 aromatic carbocycles. The first-order chi connectivity index (χ1) is 8.46. The van der Waals surface area contributed by atoms with Crippen LogP contribution in [0.25, 0.3) is 0 Å². The lowest BCUT2D eigenvalue weighted by Gasteiger charge is -2.22. The molecule has 0 aliphatic carbocycles. The van der Waals surface area contributed by atoms with E-state index in [1.165, 1.54) is 12.4 Å². The molecule has 1 aromatic rings. The minimum atomic E-state index is -4.24. The van der Waals surface area contributed by atoms with Crippen molar-refractivity contribution in [2.24, 2.45) is 0 Å². The third-order valence-corrected chi connectivity index (χ3v) is 2.32. The number of aromatic nitrogens is 2. The van der Waals surface area contributed by atoms with Gasteiger partial charge in [0.2, 0.25) is 0 Å². The van der Waals surface area contributed by atoms with E-state index in [1.54, 1.807) is 6.92 Å². The maximum Gasteiger partial charge on any atom is 0.405 e. The van der Waals surface area contributed by atoms with Crippen LogP contribution in [0.2, 0.25) is 0 Å². The highest BCUT2D eigenvalue weighted by Crippen LogP contribution is 2.19. The molecule has 0 fully saturated rings. The lowest BCUT2D eigenvalue weighted by molar-refractivity contribution is -0.119. The quantitative estimate of drug-likeness (QED) is 0.851. The monoisotopic (exact) mass is 262 g/mol. The van der Waals surface area contributed by atoms with Gasteiger partial charge in [0.15, 0.2) is 0 Å². The predicted molar refractivity (Wildman–Crippen MR) is 63.4 cm³/mol. The molecule has 0 unspecified atom stereocenters. The summed E-state index contributed by atoms with van der Waals surface area (Å²) in [5.74, 6) is 0.245. The van der Waals surface area contributed by atoms with Crippen molar-refractivity contribution in [1.82, 2.24) is 15.3 Å². The zero-order chi connectivity index (χ0) is 13.6. The Morgan fingerprint density at radius 3 is 2.39 bits per heavy atom. The summed E-state index contributed by atoms with van der Waals surface area (Å²) in [5, 5.41) is 3.07. The molecule has 0 saturated heterocycles. The normalized spacial score (nSPS) is 11.6. The number of rotatable bonds is 6. The van der Waals surface area contributed by atoms with Gasteiger partial charge in [0, 0.05) is 13.1 Å². The number of anilines is 1. The van der Waals surface area contributed by atoms with E-state index in [0.717, 1.165) is 11.4 Å². The minimum absolute atomic E-state index is 0.237. The largest absolute Gasteiger partial charge is 0.405 e. The lowest BCUT2D eigenvalue weighted by Crippen LogP contribution is -2.34. The Kier molecular flexibility index (Phi) is 5.33. The van der Waals surface area contributed by atoms with Crippen LogP contribution >= 0.6 is 0 Å². The van der Waals surface area contributed by atoms with Crippen molar-refractivity contribution in [2.75, 3.05) is 24.5 Å². The fraction of sp³-hybridized carbons (Fsp3) is 0.636. The Morgan fingerprint density at radius 2 is 1.94 bits per heavy atom. The van der Waals surface area contributed by atoms with Gasteiger partial charge in [0.1, 0.15) is 12.4 Å². The molecule has 0 spiro atoms. The predicted octanol–water partition coefficient (Wildman–Crippen LogP) is 1.97. The van der Waals surface area contributed by atoms with Gasteiger partial charge in [-0.25, -0.2) is 4.98 Å². The highest BCUT2D eigenvalue weighted by Gasteiger charge is 2.30. The molecule has 1 heterocycles. The van der Waals surface area contributed by atoms with E-state index in [1.807, 2.05) is 6.92 Å². The summed E-state index contributed by atoms with van der Waals surface area (Å²) in [6.45, 7) is 4.21. The second-order valence-corrected chi connectivity index (χ2v) is 3.78. The Balaban J connectivity index is 2.69. The second-order valence-electron chi connectivity index (χ2n) is 3.78. The van der Waals surface area contributed by atoms with Crippen LogP contribution in [0.4, 0.5) is 19.0 Å². The van der Waals surface area contributed by atoms with Crippen LogP contribution in [-0.2, 0) is 6.54 Å². The molecule has 0 atom stereocenters. The summed E-state index contributed by atoms with van der Waals surface area (Å²) in [6.07, 6.45) is -1.36. The van der Waals surface area contributed by atoms with Gasteiger partial charge >= 0.3 is 6.18 Å². The van der Waals surface area contributed by atoms with Gasteiger partial charge in [-0.2, -0.15) is 13.2 Å². The minimum Gasteiger partial charge on any atom is -0.347 e. The van der Waals surface area contributed by atoms with Crippen LogP contribution in [0.3, 0.4) is 0 Å².